The molecule has 1 unspecified atom stereocenters. The molecule has 5 heteroatoms. The van der Waals surface area contributed by atoms with E-state index in [9.17, 15) is 9.90 Å². The molecule has 0 aliphatic carbocycles. The number of rotatable bonds is 3. The lowest BCUT2D eigenvalue weighted by atomic mass is 10.3. The highest BCUT2D eigenvalue weighted by Gasteiger charge is 2.04. The summed E-state index contributed by atoms with van der Waals surface area (Å²) in [6, 6.07) is 4.71. The maximum absolute atomic E-state index is 11.3. The highest BCUT2D eigenvalue weighted by molar-refractivity contribution is 9.09. The number of nitrogens with zero attached hydrogens (tertiary/aromatic N) is 2. The van der Waals surface area contributed by atoms with Gasteiger partial charge in [-0.3, -0.25) is 4.79 Å². The summed E-state index contributed by atoms with van der Waals surface area (Å²) in [5.41, 5.74) is 0.190. The third kappa shape index (κ3) is 2.69. The van der Waals surface area contributed by atoms with Gasteiger partial charge in [0.15, 0.2) is 0 Å². The fraction of sp³-hybridized carbons (Fsp3) is 0.333. The summed E-state index contributed by atoms with van der Waals surface area (Å²) < 4.78 is 1.32. The van der Waals surface area contributed by atoms with Crippen LogP contribution in [0.25, 0.3) is 0 Å². The molecule has 1 aromatic rings. The second-order valence-corrected chi connectivity index (χ2v) is 3.48. The number of hydrogen-bond donors (Lipinski definition) is 1. The van der Waals surface area contributed by atoms with Crippen LogP contribution in [0.1, 0.15) is 5.56 Å². The first-order chi connectivity index (χ1) is 6.67. The van der Waals surface area contributed by atoms with Gasteiger partial charge >= 0.3 is 0 Å². The average Bonchev–Trinajstić information content (AvgIpc) is 2.21. The Kier molecular flexibility index (Phi) is 3.86. The molecule has 14 heavy (non-hydrogen) atoms. The summed E-state index contributed by atoms with van der Waals surface area (Å²) in [6.07, 6.45) is 0.815. The predicted octanol–water partition coefficient (Wildman–Crippen LogP) is 0.476. The summed E-state index contributed by atoms with van der Waals surface area (Å²) in [5.74, 6) is 0. The van der Waals surface area contributed by atoms with Crippen molar-refractivity contribution in [3.05, 3.63) is 34.2 Å². The Bertz CT molecular complexity index is 408. The Morgan fingerprint density at radius 1 is 1.64 bits per heavy atom. The minimum Gasteiger partial charge on any atom is -0.390 e. The first-order valence-electron chi connectivity index (χ1n) is 4.02. The fourth-order valence-corrected chi connectivity index (χ4v) is 1.22. The molecular weight excluding hydrogens is 248 g/mol. The highest BCUT2D eigenvalue weighted by atomic mass is 79.9. The summed E-state index contributed by atoms with van der Waals surface area (Å²) in [6.45, 7) is 0.194. The van der Waals surface area contributed by atoms with E-state index < -0.39 is 6.10 Å². The molecule has 0 amide bonds. The molecule has 0 saturated carbocycles. The zero-order valence-electron chi connectivity index (χ0n) is 7.35. The number of hydrogen-bond acceptors (Lipinski definition) is 3. The number of pyridine rings is 1. The molecular formula is C9H9BrN2O2. The van der Waals surface area contributed by atoms with Crippen LogP contribution < -0.4 is 5.56 Å². The number of halogens is 1. The third-order valence-corrected chi connectivity index (χ3v) is 2.45. The predicted molar refractivity (Wildman–Crippen MR) is 55.2 cm³/mol. The first kappa shape index (κ1) is 11.0. The van der Waals surface area contributed by atoms with Crippen LogP contribution in [0.3, 0.4) is 0 Å². The largest absolute Gasteiger partial charge is 0.390 e. The maximum Gasteiger partial charge on any atom is 0.250 e. The van der Waals surface area contributed by atoms with Crippen molar-refractivity contribution >= 4 is 15.9 Å². The Hall–Kier alpha value is -1.12. The second kappa shape index (κ2) is 4.94. The van der Waals surface area contributed by atoms with Crippen molar-refractivity contribution in [2.45, 2.75) is 12.6 Å². The molecule has 1 heterocycles. The summed E-state index contributed by atoms with van der Waals surface area (Å²) in [4.78, 5) is 11.3. The number of aliphatic hydroxyl groups excluding tert-OH is 1. The minimum absolute atomic E-state index is 0.194. The van der Waals surface area contributed by atoms with Gasteiger partial charge in [0.2, 0.25) is 0 Å². The van der Waals surface area contributed by atoms with Crippen molar-refractivity contribution in [3.63, 3.8) is 0 Å². The van der Waals surface area contributed by atoms with Gasteiger partial charge in [0.05, 0.1) is 18.2 Å². The van der Waals surface area contributed by atoms with Crippen molar-refractivity contribution in [1.82, 2.24) is 4.57 Å². The van der Waals surface area contributed by atoms with Gasteiger partial charge in [-0.15, -0.1) is 0 Å². The van der Waals surface area contributed by atoms with Crippen molar-refractivity contribution in [1.29, 1.82) is 5.26 Å². The van der Waals surface area contributed by atoms with Crippen molar-refractivity contribution in [3.8, 4) is 6.07 Å². The van der Waals surface area contributed by atoms with E-state index >= 15 is 0 Å². The smallest absolute Gasteiger partial charge is 0.250 e. The van der Waals surface area contributed by atoms with Crippen molar-refractivity contribution < 1.29 is 5.11 Å². The average molecular weight is 257 g/mol. The lowest BCUT2D eigenvalue weighted by Gasteiger charge is -2.09. The maximum atomic E-state index is 11.3. The van der Waals surface area contributed by atoms with E-state index in [0.717, 1.165) is 0 Å². The molecule has 74 valence electrons. The Balaban J connectivity index is 2.96. The molecule has 0 fully saturated rings. The summed E-state index contributed by atoms with van der Waals surface area (Å²) in [5, 5.41) is 18.3. The topological polar surface area (TPSA) is 66.0 Å². The molecule has 1 rings (SSSR count). The molecule has 1 atom stereocenters. The second-order valence-electron chi connectivity index (χ2n) is 2.83. The minimum atomic E-state index is -0.623. The van der Waals surface area contributed by atoms with E-state index in [1.54, 1.807) is 0 Å². The van der Waals surface area contributed by atoms with Crippen LogP contribution in [0.4, 0.5) is 0 Å². The van der Waals surface area contributed by atoms with Crippen molar-refractivity contribution in [2.24, 2.45) is 0 Å². The Labute approximate surface area is 89.5 Å². The first-order valence-corrected chi connectivity index (χ1v) is 5.14. The lowest BCUT2D eigenvalue weighted by Crippen LogP contribution is -2.26. The fourth-order valence-electron chi connectivity index (χ4n) is 1.02. The van der Waals surface area contributed by atoms with E-state index in [1.807, 2.05) is 6.07 Å². The van der Waals surface area contributed by atoms with E-state index in [-0.39, 0.29) is 12.1 Å². The van der Waals surface area contributed by atoms with Crippen LogP contribution in [0.5, 0.6) is 0 Å². The van der Waals surface area contributed by atoms with Gasteiger partial charge in [-0.2, -0.15) is 5.26 Å². The van der Waals surface area contributed by atoms with E-state index in [0.29, 0.717) is 10.9 Å². The normalized spacial score (nSPS) is 12.1. The quantitative estimate of drug-likeness (QED) is 0.801. The number of aliphatic hydroxyl groups is 1. The number of nitriles is 1. The Morgan fingerprint density at radius 2 is 2.36 bits per heavy atom. The van der Waals surface area contributed by atoms with Crippen LogP contribution in [0.2, 0.25) is 0 Å². The zero-order chi connectivity index (χ0) is 10.6. The van der Waals surface area contributed by atoms with Crippen LogP contribution in [0, 0.1) is 11.3 Å². The van der Waals surface area contributed by atoms with Gasteiger partial charge in [0, 0.05) is 17.6 Å². The molecule has 0 spiro atoms. The van der Waals surface area contributed by atoms with Crippen LogP contribution in [-0.4, -0.2) is 21.1 Å². The third-order valence-electron chi connectivity index (χ3n) is 1.70. The van der Waals surface area contributed by atoms with Gasteiger partial charge < -0.3 is 9.67 Å². The van der Waals surface area contributed by atoms with Crippen molar-refractivity contribution in [2.75, 3.05) is 5.33 Å². The molecule has 0 saturated heterocycles. The molecule has 4 nitrogen and oxygen atoms in total. The van der Waals surface area contributed by atoms with E-state index in [4.69, 9.17) is 5.26 Å². The highest BCUT2D eigenvalue weighted by Crippen LogP contribution is 1.97. The zero-order valence-corrected chi connectivity index (χ0v) is 8.94. The van der Waals surface area contributed by atoms with Gasteiger partial charge in [-0.25, -0.2) is 0 Å². The number of alkyl halides is 1. The van der Waals surface area contributed by atoms with Crippen LogP contribution in [-0.2, 0) is 6.54 Å². The van der Waals surface area contributed by atoms with E-state index in [2.05, 4.69) is 15.9 Å². The molecule has 0 aliphatic rings. The van der Waals surface area contributed by atoms with Gasteiger partial charge in [0.1, 0.15) is 6.07 Å². The molecule has 1 aromatic heterocycles. The van der Waals surface area contributed by atoms with Gasteiger partial charge in [-0.05, 0) is 6.07 Å². The SMILES string of the molecule is N#Cc1ccc(=O)n(CC(O)CBr)c1. The molecule has 0 aliphatic heterocycles. The van der Waals surface area contributed by atoms with Crippen LogP contribution in [0.15, 0.2) is 23.1 Å². The summed E-state index contributed by atoms with van der Waals surface area (Å²) >= 11 is 3.10. The van der Waals surface area contributed by atoms with Gasteiger partial charge in [0.25, 0.3) is 5.56 Å². The van der Waals surface area contributed by atoms with E-state index in [1.165, 1.54) is 22.9 Å². The standard InChI is InChI=1S/C9H9BrN2O2/c10-3-8(13)6-12-5-7(4-11)1-2-9(12)14/h1-2,5,8,13H,3,6H2. The molecule has 0 aromatic carbocycles. The summed E-state index contributed by atoms with van der Waals surface area (Å²) in [7, 11) is 0. The molecule has 0 radical (unpaired) electrons. The number of aromatic nitrogens is 1. The van der Waals surface area contributed by atoms with Crippen LogP contribution >= 0.6 is 15.9 Å². The monoisotopic (exact) mass is 256 g/mol. The molecule has 1 N–H and O–H groups in total. The lowest BCUT2D eigenvalue weighted by molar-refractivity contribution is 0.178. The van der Waals surface area contributed by atoms with Gasteiger partial charge in [-0.1, -0.05) is 15.9 Å². The molecule has 0 bridgehead atoms. The Morgan fingerprint density at radius 3 is 2.93 bits per heavy atom.